The molecule has 3 unspecified atom stereocenters. The van der Waals surface area contributed by atoms with Gasteiger partial charge in [-0.05, 0) is 32.3 Å². The molecule has 3 atom stereocenters. The number of hydrogen-bond donors (Lipinski definition) is 2. The quantitative estimate of drug-likeness (QED) is 0.801. The van der Waals surface area contributed by atoms with Gasteiger partial charge >= 0.3 is 0 Å². The smallest absolute Gasteiger partial charge is 0.264 e. The summed E-state index contributed by atoms with van der Waals surface area (Å²) in [5.41, 5.74) is 2.83. The summed E-state index contributed by atoms with van der Waals surface area (Å²) in [5.74, 6) is -0.567. The van der Waals surface area contributed by atoms with Gasteiger partial charge in [0, 0.05) is 19.6 Å². The normalized spacial score (nSPS) is 23.1. The number of carbonyl (C=O) groups is 2. The highest BCUT2D eigenvalue weighted by atomic mass is 16.6. The first-order valence-corrected chi connectivity index (χ1v) is 9.02. The Morgan fingerprint density at radius 1 is 1.31 bits per heavy atom. The van der Waals surface area contributed by atoms with Gasteiger partial charge in [-0.15, -0.1) is 0 Å². The number of nitrogens with one attached hydrogen (secondary N) is 2. The Morgan fingerprint density at radius 3 is 2.77 bits per heavy atom. The molecule has 0 aromatic heterocycles. The Bertz CT molecular complexity index is 681. The molecule has 1 aromatic carbocycles. The number of rotatable bonds is 6. The summed E-state index contributed by atoms with van der Waals surface area (Å²) in [7, 11) is 0. The molecule has 0 spiro atoms. The van der Waals surface area contributed by atoms with Crippen molar-refractivity contribution >= 4 is 17.5 Å². The Labute approximate surface area is 153 Å². The van der Waals surface area contributed by atoms with Crippen molar-refractivity contribution in [3.63, 3.8) is 0 Å². The summed E-state index contributed by atoms with van der Waals surface area (Å²) < 4.78 is 5.47. The number of ether oxygens (including phenoxy) is 1. The zero-order chi connectivity index (χ0) is 18.5. The monoisotopic (exact) mass is 359 g/mol. The number of amides is 2. The van der Waals surface area contributed by atoms with Crippen LogP contribution in [0.25, 0.3) is 0 Å². The van der Waals surface area contributed by atoms with E-state index in [0.717, 1.165) is 36.3 Å². The van der Waals surface area contributed by atoms with E-state index in [9.17, 15) is 9.59 Å². The van der Waals surface area contributed by atoms with Crippen molar-refractivity contribution in [2.45, 2.75) is 51.4 Å². The molecule has 140 valence electrons. The highest BCUT2D eigenvalue weighted by Gasteiger charge is 2.30. The average Bonchev–Trinajstić information content (AvgIpc) is 3.32. The van der Waals surface area contributed by atoms with E-state index in [-0.39, 0.29) is 17.9 Å². The van der Waals surface area contributed by atoms with Gasteiger partial charge in [0.05, 0.1) is 11.8 Å². The van der Waals surface area contributed by atoms with Crippen LogP contribution in [0.1, 0.15) is 37.3 Å². The van der Waals surface area contributed by atoms with Gasteiger partial charge in [0.2, 0.25) is 12.0 Å². The first-order chi connectivity index (χ1) is 12.5. The minimum absolute atomic E-state index is 0.0745. The Morgan fingerprint density at radius 2 is 2.08 bits per heavy atom. The fourth-order valence-corrected chi connectivity index (χ4v) is 2.98. The molecule has 3 rings (SSSR count). The molecule has 7 nitrogen and oxygen atoms in total. The molecule has 2 aliphatic rings. The molecule has 26 heavy (non-hydrogen) atoms. The number of aryl methyl sites for hydroxylation is 1. The summed E-state index contributed by atoms with van der Waals surface area (Å²) in [4.78, 5) is 29.7. The molecule has 0 radical (unpaired) electrons. The van der Waals surface area contributed by atoms with Crippen molar-refractivity contribution in [2.75, 3.05) is 13.2 Å². The molecule has 0 aliphatic carbocycles. The van der Waals surface area contributed by atoms with Crippen molar-refractivity contribution in [1.82, 2.24) is 10.6 Å². The van der Waals surface area contributed by atoms with E-state index < -0.39 is 12.1 Å². The second kappa shape index (κ2) is 8.31. The maximum Gasteiger partial charge on any atom is 0.264 e. The second-order valence-corrected chi connectivity index (χ2v) is 6.81. The summed E-state index contributed by atoms with van der Waals surface area (Å²) in [5, 5.41) is 9.52. The standard InChI is InChI=1S/C19H25N3O4/c1-12-5-7-14(8-6-12)16-10-17(26-22-16)19(24)21-13(2)18(23)20-11-15-4-3-9-25-15/h5-8,13,15,17H,3-4,9-11H2,1-2H3,(H,20,23)(H,21,24). The number of carbonyl (C=O) groups excluding carboxylic acids is 2. The van der Waals surface area contributed by atoms with E-state index in [1.54, 1.807) is 6.92 Å². The Kier molecular flexibility index (Phi) is 5.88. The zero-order valence-electron chi connectivity index (χ0n) is 15.2. The van der Waals surface area contributed by atoms with Crippen molar-refractivity contribution < 1.29 is 19.2 Å². The van der Waals surface area contributed by atoms with Crippen molar-refractivity contribution in [2.24, 2.45) is 5.16 Å². The summed E-state index contributed by atoms with van der Waals surface area (Å²) in [6, 6.07) is 7.26. The number of oxime groups is 1. The second-order valence-electron chi connectivity index (χ2n) is 6.81. The summed E-state index contributed by atoms with van der Waals surface area (Å²) in [6.45, 7) is 4.88. The topological polar surface area (TPSA) is 89.0 Å². The highest BCUT2D eigenvalue weighted by molar-refractivity contribution is 6.04. The third-order valence-corrected chi connectivity index (χ3v) is 4.63. The molecule has 1 fully saturated rings. The minimum atomic E-state index is -0.709. The Hall–Kier alpha value is -2.41. The third-order valence-electron chi connectivity index (χ3n) is 4.63. The molecule has 7 heteroatoms. The highest BCUT2D eigenvalue weighted by Crippen LogP contribution is 2.17. The van der Waals surface area contributed by atoms with Gasteiger partial charge in [-0.1, -0.05) is 35.0 Å². The largest absolute Gasteiger partial charge is 0.382 e. The SMILES string of the molecule is Cc1ccc(C2=NOC(C(=O)NC(C)C(=O)NCC3CCCO3)C2)cc1. The lowest BCUT2D eigenvalue weighted by Gasteiger charge is -2.17. The van der Waals surface area contributed by atoms with Crippen LogP contribution in [-0.2, 0) is 19.2 Å². The summed E-state index contributed by atoms with van der Waals surface area (Å²) >= 11 is 0. The van der Waals surface area contributed by atoms with Crippen molar-refractivity contribution in [1.29, 1.82) is 0 Å². The van der Waals surface area contributed by atoms with Crippen LogP contribution in [0.2, 0.25) is 0 Å². The average molecular weight is 359 g/mol. The predicted octanol–water partition coefficient (Wildman–Crippen LogP) is 1.29. The van der Waals surface area contributed by atoms with Crippen LogP contribution in [0.5, 0.6) is 0 Å². The van der Waals surface area contributed by atoms with E-state index in [4.69, 9.17) is 9.57 Å². The maximum absolute atomic E-state index is 12.3. The van der Waals surface area contributed by atoms with Crippen LogP contribution < -0.4 is 10.6 Å². The molecular formula is C19H25N3O4. The maximum atomic E-state index is 12.3. The Balaban J connectivity index is 1.44. The van der Waals surface area contributed by atoms with E-state index in [1.165, 1.54) is 0 Å². The zero-order valence-corrected chi connectivity index (χ0v) is 15.2. The van der Waals surface area contributed by atoms with Gasteiger partial charge in [0.1, 0.15) is 6.04 Å². The van der Waals surface area contributed by atoms with Crippen molar-refractivity contribution in [3.8, 4) is 0 Å². The fourth-order valence-electron chi connectivity index (χ4n) is 2.98. The van der Waals surface area contributed by atoms with Gasteiger partial charge in [0.25, 0.3) is 5.91 Å². The minimum Gasteiger partial charge on any atom is -0.382 e. The molecule has 1 aromatic rings. The molecule has 0 bridgehead atoms. The predicted molar refractivity (Wildman–Crippen MR) is 96.8 cm³/mol. The molecule has 2 aliphatic heterocycles. The molecule has 2 amide bonds. The molecule has 1 saturated heterocycles. The van der Waals surface area contributed by atoms with Crippen LogP contribution >= 0.6 is 0 Å². The van der Waals surface area contributed by atoms with Gasteiger partial charge < -0.3 is 20.2 Å². The van der Waals surface area contributed by atoms with Gasteiger partial charge in [-0.2, -0.15) is 0 Å². The molecule has 2 N–H and O–H groups in total. The van der Waals surface area contributed by atoms with E-state index in [1.807, 2.05) is 31.2 Å². The number of hydrogen-bond acceptors (Lipinski definition) is 5. The van der Waals surface area contributed by atoms with Crippen LogP contribution in [0.15, 0.2) is 29.4 Å². The first-order valence-electron chi connectivity index (χ1n) is 9.02. The molecule has 2 heterocycles. The van der Waals surface area contributed by atoms with Gasteiger partial charge in [-0.3, -0.25) is 9.59 Å². The third kappa shape index (κ3) is 4.60. The molecule has 0 saturated carbocycles. The van der Waals surface area contributed by atoms with Crippen LogP contribution in [-0.4, -0.2) is 48.9 Å². The van der Waals surface area contributed by atoms with E-state index in [0.29, 0.717) is 13.0 Å². The lowest BCUT2D eigenvalue weighted by molar-refractivity contribution is -0.135. The van der Waals surface area contributed by atoms with Crippen LogP contribution in [0.3, 0.4) is 0 Å². The van der Waals surface area contributed by atoms with Gasteiger partial charge in [0.15, 0.2) is 0 Å². The first kappa shape index (κ1) is 18.4. The van der Waals surface area contributed by atoms with E-state index >= 15 is 0 Å². The molecular weight excluding hydrogens is 334 g/mol. The van der Waals surface area contributed by atoms with E-state index in [2.05, 4.69) is 15.8 Å². The van der Waals surface area contributed by atoms with Crippen molar-refractivity contribution in [3.05, 3.63) is 35.4 Å². The van der Waals surface area contributed by atoms with Gasteiger partial charge in [-0.25, -0.2) is 0 Å². The fraction of sp³-hybridized carbons (Fsp3) is 0.526. The van der Waals surface area contributed by atoms with Crippen LogP contribution in [0.4, 0.5) is 0 Å². The lowest BCUT2D eigenvalue weighted by atomic mass is 10.0. The number of benzene rings is 1. The summed E-state index contributed by atoms with van der Waals surface area (Å²) in [6.07, 6.45) is 1.73. The lowest BCUT2D eigenvalue weighted by Crippen LogP contribution is -2.49. The van der Waals surface area contributed by atoms with Crippen LogP contribution in [0, 0.1) is 6.92 Å². The number of nitrogens with zero attached hydrogens (tertiary/aromatic N) is 1.